The van der Waals surface area contributed by atoms with Crippen molar-refractivity contribution in [1.29, 1.82) is 0 Å². The second-order valence-electron chi connectivity index (χ2n) is 17.6. The van der Waals surface area contributed by atoms with Gasteiger partial charge in [-0.05, 0) is 81.6 Å². The first-order valence-corrected chi connectivity index (χ1v) is 18.0. The summed E-state index contributed by atoms with van der Waals surface area (Å²) in [7, 11) is 0. The van der Waals surface area contributed by atoms with Crippen molar-refractivity contribution in [1.82, 2.24) is 0 Å². The van der Waals surface area contributed by atoms with Gasteiger partial charge in [-0.3, -0.25) is 9.59 Å². The monoisotopic (exact) mass is 634 g/mol. The van der Waals surface area contributed by atoms with Crippen LogP contribution in [-0.4, -0.2) is 58.9 Å². The fourth-order valence-corrected chi connectivity index (χ4v) is 14.9. The van der Waals surface area contributed by atoms with Crippen LogP contribution in [0.1, 0.15) is 103 Å². The smallest absolute Gasteiger partial charge is 0.339 e. The fraction of sp³-hybridized carbons (Fsp3) is 0.811. The topological polar surface area (TPSA) is 125 Å². The molecule has 12 atom stereocenters. The molecule has 2 bridgehead atoms. The number of furan rings is 1. The molecule has 0 aromatic carbocycles. The number of ketones is 1. The van der Waals surface area contributed by atoms with Gasteiger partial charge in [0.05, 0.1) is 36.1 Å². The zero-order chi connectivity index (χ0) is 31.6. The van der Waals surface area contributed by atoms with Crippen molar-refractivity contribution in [2.24, 2.45) is 51.2 Å². The third-order valence-electron chi connectivity index (χ3n) is 15.7. The molecule has 0 radical (unpaired) electrons. The molecular formula is C37H46O9. The molecule has 1 aromatic heterocycles. The van der Waals surface area contributed by atoms with E-state index < -0.39 is 69.7 Å². The van der Waals surface area contributed by atoms with Crippen molar-refractivity contribution in [3.8, 4) is 0 Å². The van der Waals surface area contributed by atoms with Gasteiger partial charge in [0, 0.05) is 21.8 Å². The highest BCUT2D eigenvalue weighted by atomic mass is 16.7. The van der Waals surface area contributed by atoms with Gasteiger partial charge in [0.1, 0.15) is 24.4 Å². The van der Waals surface area contributed by atoms with Crippen molar-refractivity contribution in [3.05, 3.63) is 24.2 Å². The number of fused-ring (bicyclic) bond motifs is 1. The molecule has 3 spiro atoms. The van der Waals surface area contributed by atoms with E-state index in [1.807, 2.05) is 19.9 Å². The van der Waals surface area contributed by atoms with Gasteiger partial charge in [0.2, 0.25) is 0 Å². The van der Waals surface area contributed by atoms with E-state index in [1.54, 1.807) is 12.5 Å². The Labute approximate surface area is 269 Å². The lowest BCUT2D eigenvalue weighted by Gasteiger charge is -2.71. The number of Topliss-reactive ketones (excluding diaryl/α,β-unsaturated/α-hetero) is 1. The maximum absolute atomic E-state index is 15.3. The van der Waals surface area contributed by atoms with Crippen LogP contribution in [0.25, 0.3) is 0 Å². The van der Waals surface area contributed by atoms with Gasteiger partial charge in [-0.2, -0.15) is 0 Å². The van der Waals surface area contributed by atoms with Crippen LogP contribution in [0.3, 0.4) is 0 Å². The predicted octanol–water partition coefficient (Wildman–Crippen LogP) is 5.08. The van der Waals surface area contributed by atoms with Crippen molar-refractivity contribution < 1.29 is 42.9 Å². The number of epoxide rings is 1. The number of ether oxygens (including phenoxy) is 4. The molecule has 9 aliphatic rings. The normalized spacial score (nSPS) is 52.7. The van der Waals surface area contributed by atoms with Crippen LogP contribution < -0.4 is 0 Å². The molecule has 5 saturated carbocycles. The zero-order valence-electron chi connectivity index (χ0n) is 27.1. The van der Waals surface area contributed by atoms with Crippen molar-refractivity contribution in [2.75, 3.05) is 6.61 Å². The Hall–Kier alpha value is -2.23. The number of aliphatic hydroxyl groups excluding tert-OH is 1. The van der Waals surface area contributed by atoms with E-state index >= 15 is 4.79 Å². The lowest BCUT2D eigenvalue weighted by molar-refractivity contribution is -0.289. The van der Waals surface area contributed by atoms with E-state index in [0.717, 1.165) is 69.8 Å². The number of hydrogen-bond acceptors (Lipinski definition) is 9. The number of aliphatic hydroxyl groups is 1. The van der Waals surface area contributed by atoms with E-state index in [1.165, 1.54) is 0 Å². The largest absolute Gasteiger partial charge is 0.472 e. The summed E-state index contributed by atoms with van der Waals surface area (Å²) in [5, 5.41) is 13.1. The highest BCUT2D eigenvalue weighted by Crippen LogP contribution is 2.85. The van der Waals surface area contributed by atoms with Crippen LogP contribution in [0.4, 0.5) is 0 Å². The number of rotatable bonds is 2. The van der Waals surface area contributed by atoms with Crippen LogP contribution in [-0.2, 0) is 33.3 Å². The Kier molecular flexibility index (Phi) is 5.42. The lowest BCUT2D eigenvalue weighted by Crippen LogP contribution is -2.80. The molecule has 10 rings (SSSR count). The van der Waals surface area contributed by atoms with Gasteiger partial charge < -0.3 is 28.5 Å². The number of esters is 2. The van der Waals surface area contributed by atoms with Crippen molar-refractivity contribution >= 4 is 17.7 Å². The first-order chi connectivity index (χ1) is 22.0. The highest BCUT2D eigenvalue weighted by molar-refractivity contribution is 5.92. The molecule has 9 nitrogen and oxygen atoms in total. The van der Waals surface area contributed by atoms with Crippen LogP contribution >= 0.6 is 0 Å². The number of carbonyl (C=O) groups excluding carboxylic acids is 3. The average Bonchev–Trinajstić information content (AvgIpc) is 3.30. The molecule has 9 heteroatoms. The van der Waals surface area contributed by atoms with Gasteiger partial charge in [0.15, 0.2) is 11.9 Å². The second-order valence-corrected chi connectivity index (χ2v) is 17.6. The number of hydrogen-bond donors (Lipinski definition) is 1. The van der Waals surface area contributed by atoms with Crippen LogP contribution in [0, 0.1) is 51.2 Å². The Bertz CT molecular complexity index is 1520. The second kappa shape index (κ2) is 8.67. The molecule has 9 fully saturated rings. The molecule has 5 aliphatic carbocycles. The molecule has 46 heavy (non-hydrogen) atoms. The van der Waals surface area contributed by atoms with Crippen LogP contribution in [0.5, 0.6) is 0 Å². The van der Waals surface area contributed by atoms with E-state index in [-0.39, 0.29) is 41.5 Å². The third kappa shape index (κ3) is 2.86. The maximum Gasteiger partial charge on any atom is 0.339 e. The minimum atomic E-state index is -1.34. The summed E-state index contributed by atoms with van der Waals surface area (Å²) in [6.07, 6.45) is 10.2. The minimum absolute atomic E-state index is 0.0384. The molecule has 248 valence electrons. The quantitative estimate of drug-likeness (QED) is 0.350. The van der Waals surface area contributed by atoms with E-state index in [0.29, 0.717) is 6.42 Å². The molecule has 1 N–H and O–H groups in total. The molecule has 4 aliphatic heterocycles. The fourth-order valence-electron chi connectivity index (χ4n) is 14.9. The summed E-state index contributed by atoms with van der Waals surface area (Å²) in [5.74, 6) is -2.16. The third-order valence-corrected chi connectivity index (χ3v) is 15.7. The summed E-state index contributed by atoms with van der Waals surface area (Å²) >= 11 is 0. The molecule has 5 heterocycles. The average molecular weight is 635 g/mol. The standard InChI is InChI=1S/C37H46O9/c1-32(2)25-23(38)26(39)36(21-9-5-4-6-10-21)24-20(15-33(3)27(19-11-14-42-17-19)44-31(41)29-37(33,36)46-29)16-34(12-7-8-13-34)22-28(45-32)35(24,25)18-43-30(22)40/h11,14,17,20-22,24-29,39H,4-10,12-13,15-16,18H2,1-3H3/t20-,22-,24?,25-,26-,27+,28-,29-,33+,35+,36+,37+/m1/s1. The van der Waals surface area contributed by atoms with Gasteiger partial charge in [-0.25, -0.2) is 4.79 Å². The van der Waals surface area contributed by atoms with E-state index in [9.17, 15) is 14.7 Å². The number of carbonyl (C=O) groups is 3. The van der Waals surface area contributed by atoms with E-state index in [4.69, 9.17) is 23.4 Å². The van der Waals surface area contributed by atoms with E-state index in [2.05, 4.69) is 6.92 Å². The molecular weight excluding hydrogens is 588 g/mol. The summed E-state index contributed by atoms with van der Waals surface area (Å²) in [6.45, 7) is 6.25. The Balaban J connectivity index is 1.31. The molecule has 0 amide bonds. The predicted molar refractivity (Wildman–Crippen MR) is 160 cm³/mol. The Morgan fingerprint density at radius 2 is 1.65 bits per heavy atom. The summed E-state index contributed by atoms with van der Waals surface area (Å²) in [6, 6.07) is 1.87. The van der Waals surface area contributed by atoms with Crippen LogP contribution in [0.15, 0.2) is 23.0 Å². The number of cyclic esters (lactones) is 2. The van der Waals surface area contributed by atoms with Gasteiger partial charge in [0.25, 0.3) is 0 Å². The summed E-state index contributed by atoms with van der Waals surface area (Å²) in [5.41, 5.74) is -4.16. The maximum atomic E-state index is 15.3. The molecule has 1 unspecified atom stereocenters. The minimum Gasteiger partial charge on any atom is -0.472 e. The highest BCUT2D eigenvalue weighted by Gasteiger charge is 2.95. The van der Waals surface area contributed by atoms with Gasteiger partial charge in [-0.15, -0.1) is 0 Å². The van der Waals surface area contributed by atoms with Crippen LogP contribution in [0.2, 0.25) is 0 Å². The zero-order valence-corrected chi connectivity index (χ0v) is 27.1. The SMILES string of the molecule is CC1(C)O[C@@H]2[C@@H]3C(=O)OC[C@@]24C2[C@@H](CC35CCCC5)C[C@@]3(C)[C@H](c5ccoc5)OC(=O)[C@H]5O[C@@]53[C@]2(C2CCCCC2)[C@H](O)C(=O)[C@H]14. The summed E-state index contributed by atoms with van der Waals surface area (Å²) in [4.78, 5) is 43.4. The Morgan fingerprint density at radius 3 is 2.37 bits per heavy atom. The Morgan fingerprint density at radius 1 is 0.891 bits per heavy atom. The summed E-state index contributed by atoms with van der Waals surface area (Å²) < 4.78 is 32.2. The molecule has 1 aromatic rings. The first kappa shape index (κ1) is 28.8. The van der Waals surface area contributed by atoms with Crippen molar-refractivity contribution in [2.45, 2.75) is 127 Å². The molecule has 4 saturated heterocycles. The van der Waals surface area contributed by atoms with Crippen molar-refractivity contribution in [3.63, 3.8) is 0 Å². The first-order valence-electron chi connectivity index (χ1n) is 18.0. The van der Waals surface area contributed by atoms with Gasteiger partial charge >= 0.3 is 11.9 Å². The van der Waals surface area contributed by atoms with Gasteiger partial charge in [-0.1, -0.05) is 39.0 Å². The lowest BCUT2D eigenvalue weighted by atomic mass is 9.31.